The van der Waals surface area contributed by atoms with Crippen molar-refractivity contribution in [3.63, 3.8) is 0 Å². The highest BCUT2D eigenvalue weighted by atomic mass is 16.5. The third kappa shape index (κ3) is 4.29. The van der Waals surface area contributed by atoms with Gasteiger partial charge in [-0.25, -0.2) is 0 Å². The summed E-state index contributed by atoms with van der Waals surface area (Å²) in [6.07, 6.45) is 7.07. The quantitative estimate of drug-likeness (QED) is 0.717. The summed E-state index contributed by atoms with van der Waals surface area (Å²) < 4.78 is 5.68. The number of benzene rings is 1. The molecule has 1 aromatic carbocycles. The van der Waals surface area contributed by atoms with Crippen molar-refractivity contribution in [2.75, 3.05) is 32.8 Å². The fourth-order valence-electron chi connectivity index (χ4n) is 3.75. The van der Waals surface area contributed by atoms with Gasteiger partial charge < -0.3 is 14.5 Å². The van der Waals surface area contributed by atoms with Gasteiger partial charge in [-0.2, -0.15) is 0 Å². The van der Waals surface area contributed by atoms with Gasteiger partial charge in [0.15, 0.2) is 0 Å². The molecule has 0 unspecified atom stereocenters. The molecule has 1 atom stereocenters. The van der Waals surface area contributed by atoms with E-state index >= 15 is 0 Å². The molecule has 0 N–H and O–H groups in total. The molecule has 132 valence electrons. The minimum Gasteiger partial charge on any atom is -0.494 e. The van der Waals surface area contributed by atoms with E-state index in [9.17, 15) is 4.79 Å². The number of amides is 1. The monoisotopic (exact) mass is 330 g/mol. The van der Waals surface area contributed by atoms with Crippen LogP contribution in [0.1, 0.15) is 55.8 Å². The van der Waals surface area contributed by atoms with Crippen LogP contribution in [0, 0.1) is 0 Å². The molecule has 2 heterocycles. The standard InChI is InChI=1S/C20H30N2O2/c1-2-3-15-24-19-10-8-17(9-11-19)20(23)22-14-6-7-18(22)16-21-12-4-5-13-21/h8-11,18H,2-7,12-16H2,1H3/t18-/m1/s1. The summed E-state index contributed by atoms with van der Waals surface area (Å²) in [5.41, 5.74) is 0.783. The third-order valence-corrected chi connectivity index (χ3v) is 5.17. The Kier molecular flexibility index (Phi) is 6.13. The molecule has 2 fully saturated rings. The molecule has 0 spiro atoms. The topological polar surface area (TPSA) is 32.8 Å². The zero-order chi connectivity index (χ0) is 16.8. The molecule has 2 aliphatic rings. The Labute approximate surface area is 145 Å². The highest BCUT2D eigenvalue weighted by Gasteiger charge is 2.31. The van der Waals surface area contributed by atoms with E-state index in [1.54, 1.807) is 0 Å². The van der Waals surface area contributed by atoms with Crippen LogP contribution < -0.4 is 4.74 Å². The number of hydrogen-bond acceptors (Lipinski definition) is 3. The number of nitrogens with zero attached hydrogens (tertiary/aromatic N) is 2. The smallest absolute Gasteiger partial charge is 0.254 e. The van der Waals surface area contributed by atoms with Gasteiger partial charge in [0.1, 0.15) is 5.75 Å². The number of rotatable bonds is 7. The van der Waals surface area contributed by atoms with Gasteiger partial charge in [-0.15, -0.1) is 0 Å². The van der Waals surface area contributed by atoms with Crippen LogP contribution in [-0.2, 0) is 0 Å². The highest BCUT2D eigenvalue weighted by molar-refractivity contribution is 5.94. The molecule has 0 saturated carbocycles. The summed E-state index contributed by atoms with van der Waals surface area (Å²) in [5, 5.41) is 0. The van der Waals surface area contributed by atoms with Gasteiger partial charge in [0.25, 0.3) is 5.91 Å². The van der Waals surface area contributed by atoms with Crippen LogP contribution in [0.15, 0.2) is 24.3 Å². The van der Waals surface area contributed by atoms with Gasteiger partial charge in [-0.3, -0.25) is 4.79 Å². The number of unbranched alkanes of at least 4 members (excludes halogenated alkanes) is 1. The first-order valence-electron chi connectivity index (χ1n) is 9.54. The molecular formula is C20H30N2O2. The van der Waals surface area contributed by atoms with Gasteiger partial charge in [-0.05, 0) is 69.5 Å². The van der Waals surface area contributed by atoms with Crippen LogP contribution in [-0.4, -0.2) is 54.5 Å². The Balaban J connectivity index is 1.57. The number of carbonyl (C=O) groups excluding carboxylic acids is 1. The van der Waals surface area contributed by atoms with Crippen LogP contribution in [0.5, 0.6) is 5.75 Å². The maximum atomic E-state index is 12.9. The predicted molar refractivity (Wildman–Crippen MR) is 96.6 cm³/mol. The van der Waals surface area contributed by atoms with Crippen LogP contribution in [0.2, 0.25) is 0 Å². The number of likely N-dealkylation sites (tertiary alicyclic amines) is 2. The molecule has 0 bridgehead atoms. The number of carbonyl (C=O) groups is 1. The maximum Gasteiger partial charge on any atom is 0.254 e. The van der Waals surface area contributed by atoms with Gasteiger partial charge in [-0.1, -0.05) is 13.3 Å². The minimum absolute atomic E-state index is 0.178. The summed E-state index contributed by atoms with van der Waals surface area (Å²) >= 11 is 0. The Morgan fingerprint density at radius 1 is 1.12 bits per heavy atom. The van der Waals surface area contributed by atoms with E-state index in [1.807, 2.05) is 24.3 Å². The molecule has 2 aliphatic heterocycles. The van der Waals surface area contributed by atoms with E-state index in [2.05, 4.69) is 16.7 Å². The van der Waals surface area contributed by atoms with E-state index < -0.39 is 0 Å². The fraction of sp³-hybridized carbons (Fsp3) is 0.650. The van der Waals surface area contributed by atoms with E-state index in [1.165, 1.54) is 25.9 Å². The molecule has 4 heteroatoms. The van der Waals surface area contributed by atoms with Gasteiger partial charge in [0.05, 0.1) is 6.61 Å². The second kappa shape index (κ2) is 8.52. The Hall–Kier alpha value is -1.55. The second-order valence-electron chi connectivity index (χ2n) is 7.03. The van der Waals surface area contributed by atoms with Crippen LogP contribution in [0.4, 0.5) is 0 Å². The Morgan fingerprint density at radius 2 is 1.88 bits per heavy atom. The Bertz CT molecular complexity index is 523. The van der Waals surface area contributed by atoms with Crippen molar-refractivity contribution < 1.29 is 9.53 Å². The molecule has 1 amide bonds. The molecule has 0 radical (unpaired) electrons. The SMILES string of the molecule is CCCCOc1ccc(C(=O)N2CCC[C@@H]2CN2CCCC2)cc1. The van der Waals surface area contributed by atoms with Gasteiger partial charge in [0, 0.05) is 24.7 Å². The molecule has 1 aromatic rings. The lowest BCUT2D eigenvalue weighted by Crippen LogP contribution is -2.42. The van der Waals surface area contributed by atoms with E-state index in [0.717, 1.165) is 56.7 Å². The molecule has 4 nitrogen and oxygen atoms in total. The predicted octanol–water partition coefficient (Wildman–Crippen LogP) is 3.57. The van der Waals surface area contributed by atoms with Crippen LogP contribution >= 0.6 is 0 Å². The lowest BCUT2D eigenvalue weighted by molar-refractivity contribution is 0.0708. The van der Waals surface area contributed by atoms with Gasteiger partial charge >= 0.3 is 0 Å². The van der Waals surface area contributed by atoms with Gasteiger partial charge in [0.2, 0.25) is 0 Å². The average Bonchev–Trinajstić information content (AvgIpc) is 3.27. The zero-order valence-electron chi connectivity index (χ0n) is 14.9. The van der Waals surface area contributed by atoms with Crippen molar-refractivity contribution in [2.24, 2.45) is 0 Å². The van der Waals surface area contributed by atoms with E-state index in [-0.39, 0.29) is 5.91 Å². The van der Waals surface area contributed by atoms with Crippen molar-refractivity contribution in [2.45, 2.75) is 51.5 Å². The molecule has 0 aromatic heterocycles. The normalized spacial score (nSPS) is 21.4. The third-order valence-electron chi connectivity index (χ3n) is 5.17. The molecular weight excluding hydrogens is 300 g/mol. The Morgan fingerprint density at radius 3 is 2.58 bits per heavy atom. The first kappa shape index (κ1) is 17.3. The van der Waals surface area contributed by atoms with Crippen molar-refractivity contribution in [1.29, 1.82) is 0 Å². The second-order valence-corrected chi connectivity index (χ2v) is 7.03. The minimum atomic E-state index is 0.178. The van der Waals surface area contributed by atoms with Crippen molar-refractivity contribution in [3.05, 3.63) is 29.8 Å². The fourth-order valence-corrected chi connectivity index (χ4v) is 3.75. The molecule has 3 rings (SSSR count). The number of ether oxygens (including phenoxy) is 1. The summed E-state index contributed by atoms with van der Waals surface area (Å²) in [6.45, 7) is 7.23. The molecule has 0 aliphatic carbocycles. The van der Waals surface area contributed by atoms with E-state index in [4.69, 9.17) is 4.74 Å². The average molecular weight is 330 g/mol. The zero-order valence-corrected chi connectivity index (χ0v) is 14.9. The summed E-state index contributed by atoms with van der Waals surface area (Å²) in [6, 6.07) is 8.06. The lowest BCUT2D eigenvalue weighted by atomic mass is 10.1. The molecule has 2 saturated heterocycles. The first-order chi connectivity index (χ1) is 11.8. The van der Waals surface area contributed by atoms with Crippen molar-refractivity contribution in [1.82, 2.24) is 9.80 Å². The summed E-state index contributed by atoms with van der Waals surface area (Å²) in [4.78, 5) is 17.5. The van der Waals surface area contributed by atoms with Crippen LogP contribution in [0.25, 0.3) is 0 Å². The molecule has 24 heavy (non-hydrogen) atoms. The van der Waals surface area contributed by atoms with Crippen LogP contribution in [0.3, 0.4) is 0 Å². The van der Waals surface area contributed by atoms with Crippen molar-refractivity contribution in [3.8, 4) is 5.75 Å². The summed E-state index contributed by atoms with van der Waals surface area (Å²) in [7, 11) is 0. The highest BCUT2D eigenvalue weighted by Crippen LogP contribution is 2.23. The maximum absolute atomic E-state index is 12.9. The largest absolute Gasteiger partial charge is 0.494 e. The number of hydrogen-bond donors (Lipinski definition) is 0. The summed E-state index contributed by atoms with van der Waals surface area (Å²) in [5.74, 6) is 1.03. The first-order valence-corrected chi connectivity index (χ1v) is 9.54. The lowest BCUT2D eigenvalue weighted by Gasteiger charge is -2.28. The van der Waals surface area contributed by atoms with E-state index in [0.29, 0.717) is 6.04 Å². The van der Waals surface area contributed by atoms with Crippen molar-refractivity contribution >= 4 is 5.91 Å².